The van der Waals surface area contributed by atoms with Crippen molar-refractivity contribution in [3.05, 3.63) is 42.7 Å². The highest BCUT2D eigenvalue weighted by atomic mass is 16.7. The predicted octanol–water partition coefficient (Wildman–Crippen LogP) is 2.87. The highest BCUT2D eigenvalue weighted by Crippen LogP contribution is 2.12. The van der Waals surface area contributed by atoms with Crippen LogP contribution in [0, 0.1) is 0 Å². The van der Waals surface area contributed by atoms with Gasteiger partial charge in [-0.1, -0.05) is 21.4 Å². The fourth-order valence-corrected chi connectivity index (χ4v) is 1.23. The van der Waals surface area contributed by atoms with Gasteiger partial charge in [-0.05, 0) is 24.3 Å². The molecule has 0 spiro atoms. The summed E-state index contributed by atoms with van der Waals surface area (Å²) in [5.41, 5.74) is 1.22. The molecule has 0 radical (unpaired) electrons. The van der Waals surface area contributed by atoms with Gasteiger partial charge in [0, 0.05) is 25.3 Å². The number of benzene rings is 1. The van der Waals surface area contributed by atoms with Crippen LogP contribution in [0.3, 0.4) is 0 Å². The predicted molar refractivity (Wildman–Crippen MR) is 80.8 cm³/mol. The van der Waals surface area contributed by atoms with E-state index in [0.717, 1.165) is 11.9 Å². The van der Waals surface area contributed by atoms with E-state index in [9.17, 15) is 9.59 Å². The Morgan fingerprint density at radius 3 is 2.20 bits per heavy atom. The van der Waals surface area contributed by atoms with Crippen molar-refractivity contribution in [1.29, 1.82) is 0 Å². The molecule has 0 heterocycles. The lowest BCUT2D eigenvalue weighted by Gasteiger charge is -2.12. The van der Waals surface area contributed by atoms with E-state index in [2.05, 4.69) is 16.1 Å². The van der Waals surface area contributed by atoms with Crippen LogP contribution in [0.4, 0.5) is 5.69 Å². The zero-order chi connectivity index (χ0) is 13.5. The first kappa shape index (κ1) is 20.0. The number of ether oxygens (including phenoxy) is 2. The van der Waals surface area contributed by atoms with Crippen LogP contribution in [0.15, 0.2) is 37.1 Å². The minimum Gasteiger partial charge on any atom is -0.466 e. The molecule has 0 aliphatic heterocycles. The SMILES string of the molecule is C.C.C=COCOC(=O)C(=O)c1ccc(N(C)C)cc1. The molecule has 5 nitrogen and oxygen atoms in total. The maximum Gasteiger partial charge on any atom is 0.382 e. The summed E-state index contributed by atoms with van der Waals surface area (Å²) in [6.45, 7) is 2.97. The zero-order valence-corrected chi connectivity index (χ0v) is 10.4. The molecule has 0 aromatic heterocycles. The summed E-state index contributed by atoms with van der Waals surface area (Å²) in [5, 5.41) is 0. The van der Waals surface area contributed by atoms with Crippen molar-refractivity contribution in [2.45, 2.75) is 14.9 Å². The summed E-state index contributed by atoms with van der Waals surface area (Å²) in [7, 11) is 3.77. The van der Waals surface area contributed by atoms with Crippen LogP contribution in [0.25, 0.3) is 0 Å². The van der Waals surface area contributed by atoms with Crippen LogP contribution in [0.1, 0.15) is 25.2 Å². The number of ketones is 1. The monoisotopic (exact) mass is 281 g/mol. The van der Waals surface area contributed by atoms with Gasteiger partial charge in [0.25, 0.3) is 5.78 Å². The van der Waals surface area contributed by atoms with Crippen LogP contribution in [-0.4, -0.2) is 32.6 Å². The second-order valence-corrected chi connectivity index (χ2v) is 3.65. The summed E-state index contributed by atoms with van der Waals surface area (Å²) < 4.78 is 9.19. The summed E-state index contributed by atoms with van der Waals surface area (Å²) in [6, 6.07) is 6.65. The Balaban J connectivity index is 0. The minimum atomic E-state index is -0.950. The molecule has 0 amide bonds. The molecule has 0 aliphatic rings. The van der Waals surface area contributed by atoms with Gasteiger partial charge in [0.15, 0.2) is 0 Å². The molecule has 1 aromatic rings. The van der Waals surface area contributed by atoms with Gasteiger partial charge >= 0.3 is 5.97 Å². The first-order valence-corrected chi connectivity index (χ1v) is 5.27. The fraction of sp³-hybridized carbons (Fsp3) is 0.333. The lowest BCUT2D eigenvalue weighted by Crippen LogP contribution is -2.18. The van der Waals surface area contributed by atoms with Gasteiger partial charge in [0.05, 0.1) is 6.26 Å². The Hall–Kier alpha value is -2.30. The van der Waals surface area contributed by atoms with E-state index in [1.807, 2.05) is 19.0 Å². The second kappa shape index (κ2) is 9.61. The average Bonchev–Trinajstić information content (AvgIpc) is 2.38. The highest BCUT2D eigenvalue weighted by molar-refractivity contribution is 6.40. The van der Waals surface area contributed by atoms with E-state index < -0.39 is 11.8 Å². The Bertz CT molecular complexity index is 438. The molecule has 1 aromatic carbocycles. The number of carbonyl (C=O) groups is 2. The lowest BCUT2D eigenvalue weighted by molar-refractivity contribution is -0.146. The van der Waals surface area contributed by atoms with Crippen molar-refractivity contribution in [3.63, 3.8) is 0 Å². The largest absolute Gasteiger partial charge is 0.466 e. The van der Waals surface area contributed by atoms with E-state index in [1.165, 1.54) is 0 Å². The molecule has 20 heavy (non-hydrogen) atoms. The molecular formula is C15H23NO4. The minimum absolute atomic E-state index is 0. The number of hydrogen-bond acceptors (Lipinski definition) is 5. The summed E-state index contributed by atoms with van der Waals surface area (Å²) in [6.07, 6.45) is 1.13. The van der Waals surface area contributed by atoms with Crippen LogP contribution in [0.2, 0.25) is 0 Å². The van der Waals surface area contributed by atoms with Gasteiger partial charge in [-0.3, -0.25) is 4.79 Å². The smallest absolute Gasteiger partial charge is 0.382 e. The molecule has 0 saturated carbocycles. The van der Waals surface area contributed by atoms with E-state index >= 15 is 0 Å². The van der Waals surface area contributed by atoms with Gasteiger partial charge in [-0.2, -0.15) is 0 Å². The molecular weight excluding hydrogens is 258 g/mol. The maximum absolute atomic E-state index is 11.7. The van der Waals surface area contributed by atoms with Gasteiger partial charge in [-0.25, -0.2) is 4.79 Å². The number of rotatable bonds is 6. The topological polar surface area (TPSA) is 55.8 Å². The Kier molecular flexibility index (Phi) is 9.62. The number of nitrogens with zero attached hydrogens (tertiary/aromatic N) is 1. The van der Waals surface area contributed by atoms with Crippen LogP contribution >= 0.6 is 0 Å². The summed E-state index contributed by atoms with van der Waals surface area (Å²) in [4.78, 5) is 24.9. The maximum atomic E-state index is 11.7. The van der Waals surface area contributed by atoms with Crippen molar-refractivity contribution < 1.29 is 19.1 Å². The molecule has 0 N–H and O–H groups in total. The van der Waals surface area contributed by atoms with E-state index in [1.54, 1.807) is 24.3 Å². The van der Waals surface area contributed by atoms with Gasteiger partial charge in [0.1, 0.15) is 0 Å². The lowest BCUT2D eigenvalue weighted by atomic mass is 10.1. The zero-order valence-electron chi connectivity index (χ0n) is 10.4. The average molecular weight is 281 g/mol. The van der Waals surface area contributed by atoms with E-state index in [-0.39, 0.29) is 27.2 Å². The molecule has 0 fully saturated rings. The van der Waals surface area contributed by atoms with Crippen LogP contribution in [0.5, 0.6) is 0 Å². The second-order valence-electron chi connectivity index (χ2n) is 3.65. The molecule has 0 atom stereocenters. The van der Waals surface area contributed by atoms with Gasteiger partial charge in [-0.15, -0.1) is 0 Å². The first-order chi connectivity index (χ1) is 8.56. The molecule has 1 rings (SSSR count). The molecule has 0 aliphatic carbocycles. The number of anilines is 1. The number of hydrogen-bond donors (Lipinski definition) is 0. The third-order valence-electron chi connectivity index (χ3n) is 2.21. The molecule has 112 valence electrons. The third kappa shape index (κ3) is 5.56. The molecule has 0 bridgehead atoms. The van der Waals surface area contributed by atoms with Gasteiger partial charge in [0.2, 0.25) is 6.79 Å². The van der Waals surface area contributed by atoms with E-state index in [0.29, 0.717) is 0 Å². The molecule has 5 heteroatoms. The number of esters is 1. The quantitative estimate of drug-likeness (QED) is 0.200. The van der Waals surface area contributed by atoms with Crippen molar-refractivity contribution in [1.82, 2.24) is 0 Å². The van der Waals surface area contributed by atoms with Gasteiger partial charge < -0.3 is 14.4 Å². The number of carbonyl (C=O) groups excluding carboxylic acids is 2. The van der Waals surface area contributed by atoms with Crippen LogP contribution in [-0.2, 0) is 14.3 Å². The summed E-state index contributed by atoms with van der Waals surface area (Å²) >= 11 is 0. The van der Waals surface area contributed by atoms with Crippen molar-refractivity contribution in [2.24, 2.45) is 0 Å². The molecule has 0 saturated heterocycles. The van der Waals surface area contributed by atoms with E-state index in [4.69, 9.17) is 0 Å². The Morgan fingerprint density at radius 2 is 1.75 bits per heavy atom. The standard InChI is InChI=1S/C13H15NO4.2CH4/c1-4-17-9-18-13(16)12(15)10-5-7-11(8-6-10)14(2)3;;/h4-8H,1,9H2,2-3H3;2*1H4. The Morgan fingerprint density at radius 1 is 1.20 bits per heavy atom. The Labute approximate surface area is 120 Å². The van der Waals surface area contributed by atoms with Crippen molar-refractivity contribution in [3.8, 4) is 0 Å². The normalized spacial score (nSPS) is 8.50. The van der Waals surface area contributed by atoms with Crippen molar-refractivity contribution in [2.75, 3.05) is 25.8 Å². The highest BCUT2D eigenvalue weighted by Gasteiger charge is 2.17. The van der Waals surface area contributed by atoms with Crippen molar-refractivity contribution >= 4 is 17.4 Å². The first-order valence-electron chi connectivity index (χ1n) is 5.27. The summed E-state index contributed by atoms with van der Waals surface area (Å²) in [5.74, 6) is -1.65. The van der Waals surface area contributed by atoms with Crippen LogP contribution < -0.4 is 4.90 Å². The fourth-order valence-electron chi connectivity index (χ4n) is 1.23. The third-order valence-corrected chi connectivity index (χ3v) is 2.21. The molecule has 0 unspecified atom stereocenters. The number of Topliss-reactive ketones (excluding diaryl/α,β-unsaturated/α-hetero) is 1.